The van der Waals surface area contributed by atoms with Crippen LogP contribution in [0.5, 0.6) is 0 Å². The van der Waals surface area contributed by atoms with Crippen molar-refractivity contribution in [3.05, 3.63) is 168 Å². The van der Waals surface area contributed by atoms with Gasteiger partial charge in [-0.05, 0) is 124 Å². The average Bonchev–Trinajstić information content (AvgIpc) is 2.00. The lowest BCUT2D eigenvalue weighted by Gasteiger charge is -2.24. The first-order valence-electron chi connectivity index (χ1n) is 31.3. The van der Waals surface area contributed by atoms with E-state index in [9.17, 15) is 38.4 Å². The van der Waals surface area contributed by atoms with Gasteiger partial charge in [-0.2, -0.15) is 0 Å². The smallest absolute Gasteiger partial charge is 0.247 e. The molecule has 0 spiro atoms. The molecule has 4 aromatic carbocycles. The second-order valence-electron chi connectivity index (χ2n) is 24.1. The predicted octanol–water partition coefficient (Wildman–Crippen LogP) is 10.2. The zero-order valence-electron chi connectivity index (χ0n) is 49.9. The zero-order chi connectivity index (χ0) is 62.7. The van der Waals surface area contributed by atoms with E-state index in [2.05, 4.69) is 31.2 Å². The lowest BCUT2D eigenvalue weighted by atomic mass is 10.0. The Morgan fingerprint density at radius 1 is 0.293 bits per heavy atom. The van der Waals surface area contributed by atoms with E-state index in [0.29, 0.717) is 163 Å². The van der Waals surface area contributed by atoms with Crippen molar-refractivity contribution in [3.63, 3.8) is 0 Å². The first-order chi connectivity index (χ1) is 44.9. The van der Waals surface area contributed by atoms with Crippen molar-refractivity contribution in [2.24, 2.45) is 0 Å². The molecule has 0 saturated carbocycles. The first-order valence-corrected chi connectivity index (χ1v) is 31.3. The summed E-state index contributed by atoms with van der Waals surface area (Å²) in [5, 5.41) is 12.8. The second-order valence-corrected chi connectivity index (χ2v) is 24.1. The highest BCUT2D eigenvalue weighted by Crippen LogP contribution is 2.44. The third-order valence-corrected chi connectivity index (χ3v) is 18.7. The molecule has 10 aliphatic rings. The third-order valence-electron chi connectivity index (χ3n) is 18.7. The number of para-hydroxylation sites is 4. The predicted molar refractivity (Wildman–Crippen MR) is 352 cm³/mol. The van der Waals surface area contributed by atoms with Crippen LogP contribution in [0.4, 0.5) is 22.7 Å². The van der Waals surface area contributed by atoms with Gasteiger partial charge in [-0.3, -0.25) is 38.4 Å². The van der Waals surface area contributed by atoms with Crippen LogP contribution >= 0.6 is 0 Å². The van der Waals surface area contributed by atoms with Crippen LogP contribution in [-0.2, 0) is 38.4 Å². The lowest BCUT2D eigenvalue weighted by Crippen LogP contribution is -2.43. The molecule has 8 amide bonds. The van der Waals surface area contributed by atoms with E-state index in [4.69, 9.17) is 9.97 Å². The molecule has 4 fully saturated rings. The van der Waals surface area contributed by atoms with E-state index in [1.807, 2.05) is 121 Å². The van der Waals surface area contributed by atoms with Gasteiger partial charge < -0.3 is 50.8 Å². The van der Waals surface area contributed by atoms with Gasteiger partial charge >= 0.3 is 0 Å². The van der Waals surface area contributed by atoms with Gasteiger partial charge in [-0.1, -0.05) is 72.8 Å². The molecule has 7 aromatic rings. The fourth-order valence-corrected chi connectivity index (χ4v) is 14.3. The lowest BCUT2D eigenvalue weighted by molar-refractivity contribution is -0.134. The van der Waals surface area contributed by atoms with Crippen LogP contribution in [0, 0.1) is 0 Å². The Morgan fingerprint density at radius 2 is 0.522 bits per heavy atom. The number of hydrogen-bond donors (Lipinski definition) is 6. The van der Waals surface area contributed by atoms with Crippen LogP contribution in [0.25, 0.3) is 90.9 Å². The second kappa shape index (κ2) is 23.6. The molecule has 458 valence electrons. The Labute approximate surface area is 527 Å². The van der Waals surface area contributed by atoms with Crippen LogP contribution < -0.4 is 21.3 Å². The van der Waals surface area contributed by atoms with Gasteiger partial charge in [0.15, 0.2) is 0 Å². The summed E-state index contributed by atoms with van der Waals surface area (Å²) in [5.74, 6) is -3.78. The van der Waals surface area contributed by atoms with Crippen molar-refractivity contribution in [1.82, 2.24) is 39.5 Å². The maximum Gasteiger partial charge on any atom is 0.247 e. The van der Waals surface area contributed by atoms with E-state index >= 15 is 0 Å². The van der Waals surface area contributed by atoms with Crippen molar-refractivity contribution in [3.8, 4) is 44.5 Å². The molecule has 20 nitrogen and oxygen atoms in total. The minimum atomic E-state index is -0.892. The molecule has 4 unspecified atom stereocenters. The molecular formula is C72H62N12O8. The maximum atomic E-state index is 14.9. The number of amides is 8. The number of hydrogen-bond acceptors (Lipinski definition) is 10. The summed E-state index contributed by atoms with van der Waals surface area (Å²) in [6, 6.07) is 33.7. The van der Waals surface area contributed by atoms with Gasteiger partial charge in [0.05, 0.1) is 22.8 Å². The number of rotatable bonds is 0. The molecule has 3 aromatic heterocycles. The molecule has 4 atom stereocenters. The molecule has 6 N–H and O–H groups in total. The van der Waals surface area contributed by atoms with Crippen LogP contribution in [-0.4, -0.2) is 137 Å². The Bertz CT molecular complexity index is 4080. The Balaban J connectivity index is 1.06. The SMILES string of the molecule is O=C1Nc2ccccc2-c2c3nc(c4c5ccc([nH]5)c(c5nc(c(c6ccc2[nH]6)-c2ccccc2NC(=O)C2CCCN2C(=O)C=CC(=O)N2CCCC2C(=O)Nc2ccccc2-4)C=C5)-c2ccccc2NC(=O)C2CCCN2C(=O)C=CC(=O)N2CCCC12)C=C3. The number of carbonyl (C=O) groups is 8. The van der Waals surface area contributed by atoms with Gasteiger partial charge in [0.1, 0.15) is 24.2 Å². The number of aromatic amines is 2. The molecule has 13 heterocycles. The van der Waals surface area contributed by atoms with Crippen molar-refractivity contribution in [2.75, 3.05) is 47.4 Å². The number of nitrogens with zero attached hydrogens (tertiary/aromatic N) is 6. The standard InChI is InChI=1S/C72H62N12O8/c85-61-33-34-62(86)82-38-12-24-60(82)72(92)80-48-20-8-4-16-44(48)68-55-31-29-53(75-55)66-42-14-2-6-18-46(42)78-70(90)58-22-10-39-83(58)63(87)35-36-64(88)84-40-11-23-59(84)71(91)79-47-19-7-3-15-43(47)67(54-30-32-56(68)76-54)52-28-26-50(74-52)65(49-25-27-51(66)73-49)41-13-1-5-17-45(41)77-69(89)57-21-9-37-81(57)61/h1-8,13-20,25-36,57-60,73,76H,9-12,21-24,37-40H2,(H,77,89)(H,78,90)(H,79,91)(H,80,92). The summed E-state index contributed by atoms with van der Waals surface area (Å²) in [5.41, 5.74) is 10.5. The summed E-state index contributed by atoms with van der Waals surface area (Å²) >= 11 is 0. The number of nitrogens with one attached hydrogen (secondary N) is 6. The van der Waals surface area contributed by atoms with Gasteiger partial charge in [0.25, 0.3) is 0 Å². The Morgan fingerprint density at radius 3 is 0.761 bits per heavy atom. The number of benzene rings is 4. The number of aromatic nitrogens is 4. The van der Waals surface area contributed by atoms with Gasteiger partial charge in [0, 0.05) is 140 Å². The van der Waals surface area contributed by atoms with Crippen molar-refractivity contribution in [1.29, 1.82) is 0 Å². The molecule has 4 saturated heterocycles. The van der Waals surface area contributed by atoms with Crippen LogP contribution in [0.2, 0.25) is 0 Å². The highest BCUT2D eigenvalue weighted by molar-refractivity contribution is 6.11. The molecule has 20 heteroatoms. The van der Waals surface area contributed by atoms with Crippen molar-refractivity contribution >= 4 is 116 Å². The normalized spacial score (nSPS) is 20.8. The number of H-pyrrole nitrogens is 2. The quantitative estimate of drug-likeness (QED) is 0.0837. The fraction of sp³-hybridized carbons (Fsp3) is 0.222. The van der Waals surface area contributed by atoms with E-state index < -0.39 is 71.4 Å². The van der Waals surface area contributed by atoms with E-state index in [1.54, 1.807) is 24.3 Å². The molecular weight excluding hydrogens is 1160 g/mol. The minimum Gasteiger partial charge on any atom is -0.354 e. The van der Waals surface area contributed by atoms with Crippen molar-refractivity contribution in [2.45, 2.75) is 75.5 Å². The number of fused-ring (bicyclic) bond motifs is 8. The summed E-state index contributed by atoms with van der Waals surface area (Å²) in [6.07, 6.45) is 16.0. The first kappa shape index (κ1) is 57.2. The molecule has 0 radical (unpaired) electrons. The monoisotopic (exact) mass is 1220 g/mol. The van der Waals surface area contributed by atoms with Crippen molar-refractivity contribution < 1.29 is 38.4 Å². The van der Waals surface area contributed by atoms with E-state index in [0.717, 1.165) is 0 Å². The van der Waals surface area contributed by atoms with Gasteiger partial charge in [-0.25, -0.2) is 9.97 Å². The summed E-state index contributed by atoms with van der Waals surface area (Å²) in [4.78, 5) is 141. The Kier molecular flexibility index (Phi) is 14.7. The van der Waals surface area contributed by atoms with E-state index in [1.165, 1.54) is 43.9 Å². The van der Waals surface area contributed by atoms with Gasteiger partial charge in [0.2, 0.25) is 47.3 Å². The summed E-state index contributed by atoms with van der Waals surface area (Å²) in [7, 11) is 0. The summed E-state index contributed by atoms with van der Waals surface area (Å²) in [6.45, 7) is 1.12. The molecule has 10 aliphatic heterocycles. The number of anilines is 4. The zero-order valence-corrected chi connectivity index (χ0v) is 49.9. The average molecular weight is 1220 g/mol. The minimum absolute atomic E-state index is 0.279. The molecule has 0 aliphatic carbocycles. The highest BCUT2D eigenvalue weighted by atomic mass is 16.2. The van der Waals surface area contributed by atoms with E-state index in [-0.39, 0.29) is 26.2 Å². The number of carbonyl (C=O) groups excluding carboxylic acids is 8. The molecule has 92 heavy (non-hydrogen) atoms. The fourth-order valence-electron chi connectivity index (χ4n) is 14.3. The maximum absolute atomic E-state index is 14.9. The third kappa shape index (κ3) is 10.3. The highest BCUT2D eigenvalue weighted by Gasteiger charge is 2.39. The van der Waals surface area contributed by atoms with Crippen LogP contribution in [0.15, 0.2) is 146 Å². The molecule has 17 rings (SSSR count). The summed E-state index contributed by atoms with van der Waals surface area (Å²) < 4.78 is 0. The topological polar surface area (TPSA) is 255 Å². The van der Waals surface area contributed by atoms with Gasteiger partial charge in [-0.15, -0.1) is 0 Å². The van der Waals surface area contributed by atoms with Crippen LogP contribution in [0.1, 0.15) is 74.1 Å². The molecule has 12 bridgehead atoms. The van der Waals surface area contributed by atoms with Crippen LogP contribution in [0.3, 0.4) is 0 Å². The largest absolute Gasteiger partial charge is 0.354 e. The Hall–Kier alpha value is -11.3.